The molecule has 0 aromatic carbocycles. The highest BCUT2D eigenvalue weighted by Gasteiger charge is 2.23. The van der Waals surface area contributed by atoms with Crippen molar-refractivity contribution in [3.8, 4) is 0 Å². The van der Waals surface area contributed by atoms with Crippen LogP contribution in [0.3, 0.4) is 0 Å². The average Bonchev–Trinajstić information content (AvgIpc) is 3.01. The number of aromatic nitrogens is 1. The van der Waals surface area contributed by atoms with Gasteiger partial charge in [-0.05, 0) is 19.3 Å². The summed E-state index contributed by atoms with van der Waals surface area (Å²) >= 11 is 1.76. The molecule has 3 rings (SSSR count). The maximum Gasteiger partial charge on any atom is 0.236 e. The summed E-state index contributed by atoms with van der Waals surface area (Å²) in [5.41, 5.74) is 0. The van der Waals surface area contributed by atoms with E-state index >= 15 is 0 Å². The summed E-state index contributed by atoms with van der Waals surface area (Å²) < 4.78 is 0. The molecule has 0 aliphatic carbocycles. The van der Waals surface area contributed by atoms with E-state index in [-0.39, 0.29) is 24.0 Å². The largest absolute Gasteiger partial charge is 0.350 e. The number of aliphatic imine (C=N–C) groups is 1. The molecular weight excluding hydrogens is 499 g/mol. The Morgan fingerprint density at radius 3 is 2.38 bits per heavy atom. The summed E-state index contributed by atoms with van der Waals surface area (Å²) in [4.78, 5) is 29.5. The SMILES string of the molecule is CCc1cnc(CNC(=NC)N2CCN(CC(=O)N3CCCCCC3)CC2)s1.I. The fourth-order valence-corrected chi connectivity index (χ4v) is 4.61. The number of nitrogens with one attached hydrogen (secondary N) is 1. The van der Waals surface area contributed by atoms with Crippen LogP contribution in [0.1, 0.15) is 42.5 Å². The maximum atomic E-state index is 12.6. The second-order valence-electron chi connectivity index (χ2n) is 7.53. The van der Waals surface area contributed by atoms with Gasteiger partial charge in [0.05, 0.1) is 13.1 Å². The van der Waals surface area contributed by atoms with Crippen molar-refractivity contribution in [1.29, 1.82) is 0 Å². The number of hydrogen-bond donors (Lipinski definition) is 1. The molecule has 0 saturated carbocycles. The third kappa shape index (κ3) is 7.36. The maximum absolute atomic E-state index is 12.6. The highest BCUT2D eigenvalue weighted by atomic mass is 127. The Hall–Kier alpha value is -0.940. The van der Waals surface area contributed by atoms with Gasteiger partial charge in [0, 0.05) is 57.4 Å². The van der Waals surface area contributed by atoms with Gasteiger partial charge in [-0.2, -0.15) is 0 Å². The minimum absolute atomic E-state index is 0. The van der Waals surface area contributed by atoms with Crippen LogP contribution in [-0.4, -0.2) is 84.4 Å². The Balaban J connectivity index is 0.00000300. The molecule has 0 spiro atoms. The first-order valence-corrected chi connectivity index (χ1v) is 11.4. The van der Waals surface area contributed by atoms with Crippen molar-refractivity contribution in [2.24, 2.45) is 4.99 Å². The standard InChI is InChI=1S/C20H34N6OS.HI/c1-3-17-14-22-18(28-17)15-23-20(21-2)26-12-10-24(11-13-26)16-19(27)25-8-6-4-5-7-9-25;/h14H,3-13,15-16H2,1-2H3,(H,21,23);1H. The highest BCUT2D eigenvalue weighted by molar-refractivity contribution is 14.0. The van der Waals surface area contributed by atoms with E-state index in [1.807, 2.05) is 13.2 Å². The van der Waals surface area contributed by atoms with Gasteiger partial charge in [-0.3, -0.25) is 14.7 Å². The number of guanidine groups is 1. The molecule has 2 saturated heterocycles. The number of likely N-dealkylation sites (tertiary alicyclic amines) is 1. The zero-order chi connectivity index (χ0) is 19.8. The van der Waals surface area contributed by atoms with E-state index in [9.17, 15) is 4.79 Å². The Bertz CT molecular complexity index is 651. The minimum atomic E-state index is 0. The molecule has 1 aromatic heterocycles. The zero-order valence-corrected chi connectivity index (χ0v) is 20.9. The lowest BCUT2D eigenvalue weighted by atomic mass is 10.2. The molecule has 2 fully saturated rings. The molecule has 164 valence electrons. The predicted octanol–water partition coefficient (Wildman–Crippen LogP) is 2.42. The number of thiazole rings is 1. The molecule has 0 radical (unpaired) electrons. The number of piperazine rings is 1. The molecule has 3 heterocycles. The Labute approximate surface area is 196 Å². The smallest absolute Gasteiger partial charge is 0.236 e. The van der Waals surface area contributed by atoms with Gasteiger partial charge in [0.15, 0.2) is 5.96 Å². The lowest BCUT2D eigenvalue weighted by molar-refractivity contribution is -0.132. The molecule has 0 unspecified atom stereocenters. The van der Waals surface area contributed by atoms with Crippen LogP contribution >= 0.6 is 35.3 Å². The number of amides is 1. The summed E-state index contributed by atoms with van der Waals surface area (Å²) in [6.45, 7) is 8.88. The summed E-state index contributed by atoms with van der Waals surface area (Å²) in [6.07, 6.45) is 7.82. The van der Waals surface area contributed by atoms with Gasteiger partial charge in [-0.1, -0.05) is 19.8 Å². The second kappa shape index (κ2) is 12.7. The van der Waals surface area contributed by atoms with Crippen LogP contribution in [0.25, 0.3) is 0 Å². The molecule has 0 bridgehead atoms. The van der Waals surface area contributed by atoms with Crippen molar-refractivity contribution in [2.45, 2.75) is 45.6 Å². The van der Waals surface area contributed by atoms with Gasteiger partial charge in [0.2, 0.25) is 5.91 Å². The molecule has 1 aromatic rings. The van der Waals surface area contributed by atoms with Gasteiger partial charge in [0.25, 0.3) is 0 Å². The predicted molar refractivity (Wildman–Crippen MR) is 130 cm³/mol. The van der Waals surface area contributed by atoms with E-state index in [4.69, 9.17) is 0 Å². The monoisotopic (exact) mass is 534 g/mol. The van der Waals surface area contributed by atoms with Gasteiger partial charge >= 0.3 is 0 Å². The summed E-state index contributed by atoms with van der Waals surface area (Å²) in [5.74, 6) is 1.22. The lowest BCUT2D eigenvalue weighted by Crippen LogP contribution is -2.54. The van der Waals surface area contributed by atoms with E-state index in [1.54, 1.807) is 11.3 Å². The molecule has 1 N–H and O–H groups in total. The van der Waals surface area contributed by atoms with Crippen LogP contribution in [0.15, 0.2) is 11.2 Å². The number of hydrogen-bond acceptors (Lipinski definition) is 5. The molecular formula is C20H35IN6OS. The van der Waals surface area contributed by atoms with Crippen LogP contribution in [-0.2, 0) is 17.8 Å². The van der Waals surface area contributed by atoms with Crippen LogP contribution in [0.5, 0.6) is 0 Å². The second-order valence-corrected chi connectivity index (χ2v) is 8.73. The average molecular weight is 535 g/mol. The minimum Gasteiger partial charge on any atom is -0.350 e. The number of carbonyl (C=O) groups excluding carboxylic acids is 1. The molecule has 29 heavy (non-hydrogen) atoms. The van der Waals surface area contributed by atoms with E-state index in [2.05, 4.69) is 36.9 Å². The fraction of sp³-hybridized carbons (Fsp3) is 0.750. The Kier molecular flexibility index (Phi) is 10.6. The van der Waals surface area contributed by atoms with Crippen molar-refractivity contribution in [1.82, 2.24) is 25.0 Å². The van der Waals surface area contributed by atoms with Gasteiger partial charge in [-0.25, -0.2) is 4.98 Å². The summed E-state index contributed by atoms with van der Waals surface area (Å²) in [7, 11) is 1.83. The van der Waals surface area contributed by atoms with Crippen LogP contribution in [0.2, 0.25) is 0 Å². The number of rotatable bonds is 5. The first kappa shape index (κ1) is 24.3. The molecule has 9 heteroatoms. The van der Waals surface area contributed by atoms with Crippen molar-refractivity contribution in [2.75, 3.05) is 52.9 Å². The topological polar surface area (TPSA) is 64.1 Å². The lowest BCUT2D eigenvalue weighted by Gasteiger charge is -2.36. The van der Waals surface area contributed by atoms with E-state index < -0.39 is 0 Å². The fourth-order valence-electron chi connectivity index (χ4n) is 3.81. The molecule has 0 atom stereocenters. The third-order valence-electron chi connectivity index (χ3n) is 5.55. The molecule has 2 aliphatic heterocycles. The normalized spacial score (nSPS) is 18.9. The summed E-state index contributed by atoms with van der Waals surface area (Å²) in [5, 5.41) is 4.53. The number of aryl methyl sites for hydroxylation is 1. The Morgan fingerprint density at radius 2 is 1.79 bits per heavy atom. The number of carbonyl (C=O) groups is 1. The van der Waals surface area contributed by atoms with Crippen molar-refractivity contribution >= 4 is 47.2 Å². The third-order valence-corrected chi connectivity index (χ3v) is 6.69. The van der Waals surface area contributed by atoms with E-state index in [0.29, 0.717) is 19.0 Å². The highest BCUT2D eigenvalue weighted by Crippen LogP contribution is 2.13. The van der Waals surface area contributed by atoms with Crippen molar-refractivity contribution in [3.05, 3.63) is 16.1 Å². The zero-order valence-electron chi connectivity index (χ0n) is 17.7. The summed E-state index contributed by atoms with van der Waals surface area (Å²) in [6, 6.07) is 0. The Morgan fingerprint density at radius 1 is 1.10 bits per heavy atom. The van der Waals surface area contributed by atoms with E-state index in [0.717, 1.165) is 69.5 Å². The van der Waals surface area contributed by atoms with Gasteiger partial charge in [0.1, 0.15) is 5.01 Å². The van der Waals surface area contributed by atoms with Crippen molar-refractivity contribution < 1.29 is 4.79 Å². The van der Waals surface area contributed by atoms with Crippen LogP contribution in [0, 0.1) is 0 Å². The first-order chi connectivity index (χ1) is 13.7. The van der Waals surface area contributed by atoms with Gasteiger partial charge < -0.3 is 15.1 Å². The number of halogens is 1. The quantitative estimate of drug-likeness (QED) is 0.357. The molecule has 2 aliphatic rings. The first-order valence-electron chi connectivity index (χ1n) is 10.6. The number of nitrogens with zero attached hydrogens (tertiary/aromatic N) is 5. The molecule has 1 amide bonds. The van der Waals surface area contributed by atoms with E-state index in [1.165, 1.54) is 17.7 Å². The van der Waals surface area contributed by atoms with Crippen LogP contribution in [0.4, 0.5) is 0 Å². The molecule has 7 nitrogen and oxygen atoms in total. The van der Waals surface area contributed by atoms with Gasteiger partial charge in [-0.15, -0.1) is 35.3 Å². The van der Waals surface area contributed by atoms with Crippen LogP contribution < -0.4 is 5.32 Å². The van der Waals surface area contributed by atoms with Crippen molar-refractivity contribution in [3.63, 3.8) is 0 Å².